The number of oxazole rings is 1. The third-order valence-corrected chi connectivity index (χ3v) is 4.19. The van der Waals surface area contributed by atoms with E-state index >= 15 is 0 Å². The van der Waals surface area contributed by atoms with Crippen LogP contribution in [0, 0.1) is 20.8 Å². The maximum absolute atomic E-state index is 5.57. The van der Waals surface area contributed by atoms with Gasteiger partial charge >= 0.3 is 0 Å². The maximum Gasteiger partial charge on any atom is 0.216 e. The van der Waals surface area contributed by atoms with Crippen LogP contribution in [0.2, 0.25) is 0 Å². The highest BCUT2D eigenvalue weighted by atomic mass is 16.4. The van der Waals surface area contributed by atoms with Gasteiger partial charge in [-0.15, -0.1) is 0 Å². The van der Waals surface area contributed by atoms with Crippen molar-refractivity contribution in [3.63, 3.8) is 0 Å². The summed E-state index contributed by atoms with van der Waals surface area (Å²) in [5.74, 6) is 2.23. The molecule has 0 radical (unpaired) electrons. The molecular formula is C19H26N6O. The summed E-state index contributed by atoms with van der Waals surface area (Å²) >= 11 is 0. The van der Waals surface area contributed by atoms with E-state index in [1.807, 2.05) is 33.0 Å². The first-order chi connectivity index (χ1) is 12.6. The summed E-state index contributed by atoms with van der Waals surface area (Å²) in [7, 11) is 0. The average Bonchev–Trinajstić information content (AvgIpc) is 3.17. The fraction of sp³-hybridized carbons (Fsp3) is 0.421. The molecule has 0 unspecified atom stereocenters. The first-order valence-corrected chi connectivity index (χ1v) is 8.95. The topological polar surface area (TPSA) is 79.8 Å². The molecule has 0 atom stereocenters. The van der Waals surface area contributed by atoms with Gasteiger partial charge in [0.05, 0.1) is 11.4 Å². The summed E-state index contributed by atoms with van der Waals surface area (Å²) in [4.78, 5) is 13.6. The van der Waals surface area contributed by atoms with E-state index in [0.717, 1.165) is 48.3 Å². The summed E-state index contributed by atoms with van der Waals surface area (Å²) in [6, 6.07) is 4.11. The lowest BCUT2D eigenvalue weighted by molar-refractivity contribution is 0.473. The SMILES string of the molecule is CCNC(=NCc1nc(C)c(C)o1)NCCc1cn2cccc(C)c2n1. The predicted molar refractivity (Wildman–Crippen MR) is 102 cm³/mol. The predicted octanol–water partition coefficient (Wildman–Crippen LogP) is 2.55. The fourth-order valence-corrected chi connectivity index (χ4v) is 2.73. The van der Waals surface area contributed by atoms with Crippen molar-refractivity contribution in [3.8, 4) is 0 Å². The Kier molecular flexibility index (Phi) is 5.55. The Bertz CT molecular complexity index is 889. The van der Waals surface area contributed by atoms with Gasteiger partial charge in [0.25, 0.3) is 0 Å². The zero-order chi connectivity index (χ0) is 18.5. The van der Waals surface area contributed by atoms with E-state index in [-0.39, 0.29) is 0 Å². The van der Waals surface area contributed by atoms with Crippen LogP contribution in [0.1, 0.15) is 35.5 Å². The monoisotopic (exact) mass is 354 g/mol. The number of nitrogens with one attached hydrogen (secondary N) is 2. The average molecular weight is 354 g/mol. The second-order valence-electron chi connectivity index (χ2n) is 6.28. The molecule has 0 amide bonds. The second-order valence-corrected chi connectivity index (χ2v) is 6.28. The van der Waals surface area contributed by atoms with Crippen molar-refractivity contribution in [3.05, 3.63) is 53.1 Å². The second kappa shape index (κ2) is 8.03. The van der Waals surface area contributed by atoms with E-state index < -0.39 is 0 Å². The summed E-state index contributed by atoms with van der Waals surface area (Å²) in [6.45, 7) is 9.93. The van der Waals surface area contributed by atoms with Crippen LogP contribution in [-0.4, -0.2) is 33.4 Å². The van der Waals surface area contributed by atoms with Crippen molar-refractivity contribution in [1.82, 2.24) is 25.0 Å². The molecule has 0 bridgehead atoms. The van der Waals surface area contributed by atoms with Gasteiger partial charge in [0.15, 0.2) is 5.96 Å². The summed E-state index contributed by atoms with van der Waals surface area (Å²) in [5, 5.41) is 6.58. The van der Waals surface area contributed by atoms with E-state index in [4.69, 9.17) is 9.40 Å². The molecule has 0 aliphatic rings. The Balaban J connectivity index is 1.59. The Morgan fingerprint density at radius 3 is 2.77 bits per heavy atom. The lowest BCUT2D eigenvalue weighted by atomic mass is 10.3. The molecule has 0 aromatic carbocycles. The van der Waals surface area contributed by atoms with Crippen LogP contribution >= 0.6 is 0 Å². The van der Waals surface area contributed by atoms with Gasteiger partial charge in [-0.3, -0.25) is 0 Å². The number of aliphatic imine (C=N–C) groups is 1. The standard InChI is InChI=1S/C19H26N6O/c1-5-20-19(22-11-17-23-14(3)15(4)26-17)21-9-8-16-12-25-10-6-7-13(2)18(25)24-16/h6-7,10,12H,5,8-9,11H2,1-4H3,(H2,20,21,22). The largest absolute Gasteiger partial charge is 0.444 e. The van der Waals surface area contributed by atoms with E-state index in [1.54, 1.807) is 0 Å². The number of aryl methyl sites for hydroxylation is 3. The smallest absolute Gasteiger partial charge is 0.216 e. The van der Waals surface area contributed by atoms with Gasteiger partial charge in [0.1, 0.15) is 18.0 Å². The molecule has 3 aromatic heterocycles. The van der Waals surface area contributed by atoms with Crippen molar-refractivity contribution in [2.45, 2.75) is 40.7 Å². The minimum Gasteiger partial charge on any atom is -0.444 e. The van der Waals surface area contributed by atoms with E-state index in [0.29, 0.717) is 12.4 Å². The molecule has 0 fully saturated rings. The minimum absolute atomic E-state index is 0.414. The molecule has 0 saturated heterocycles. The molecule has 3 rings (SSSR count). The molecule has 0 aliphatic carbocycles. The van der Waals surface area contributed by atoms with Gasteiger partial charge in [-0.05, 0) is 39.3 Å². The third-order valence-electron chi connectivity index (χ3n) is 4.19. The first kappa shape index (κ1) is 18.0. The number of guanidine groups is 1. The third kappa shape index (κ3) is 4.22. The molecule has 138 valence electrons. The molecule has 0 spiro atoms. The van der Waals surface area contributed by atoms with Crippen LogP contribution in [0.15, 0.2) is 33.9 Å². The van der Waals surface area contributed by atoms with Gasteiger partial charge in [-0.1, -0.05) is 6.07 Å². The van der Waals surface area contributed by atoms with Crippen molar-refractivity contribution in [2.75, 3.05) is 13.1 Å². The van der Waals surface area contributed by atoms with Crippen molar-refractivity contribution in [1.29, 1.82) is 0 Å². The van der Waals surface area contributed by atoms with Gasteiger partial charge in [0.2, 0.25) is 5.89 Å². The lowest BCUT2D eigenvalue weighted by Crippen LogP contribution is -2.38. The summed E-state index contributed by atoms with van der Waals surface area (Å²) in [6.07, 6.45) is 4.92. The molecule has 2 N–H and O–H groups in total. The number of pyridine rings is 1. The van der Waals surface area contributed by atoms with Crippen LogP contribution in [0.5, 0.6) is 0 Å². The molecule has 3 heterocycles. The highest BCUT2D eigenvalue weighted by Crippen LogP contribution is 2.10. The number of fused-ring (bicyclic) bond motifs is 1. The highest BCUT2D eigenvalue weighted by molar-refractivity contribution is 5.79. The number of imidazole rings is 1. The van der Waals surface area contributed by atoms with Gasteiger partial charge in [0, 0.05) is 31.9 Å². The van der Waals surface area contributed by atoms with Gasteiger partial charge in [-0.25, -0.2) is 15.0 Å². The van der Waals surface area contributed by atoms with Gasteiger partial charge in [-0.2, -0.15) is 0 Å². The van der Waals surface area contributed by atoms with Crippen LogP contribution in [0.3, 0.4) is 0 Å². The van der Waals surface area contributed by atoms with Crippen molar-refractivity contribution in [2.24, 2.45) is 4.99 Å². The first-order valence-electron chi connectivity index (χ1n) is 8.95. The number of hydrogen-bond acceptors (Lipinski definition) is 4. The van der Waals surface area contributed by atoms with E-state index in [2.05, 4.69) is 44.2 Å². The molecule has 0 aliphatic heterocycles. The highest BCUT2D eigenvalue weighted by Gasteiger charge is 2.06. The Hall–Kier alpha value is -2.83. The Morgan fingerprint density at radius 1 is 1.23 bits per heavy atom. The maximum atomic E-state index is 5.57. The summed E-state index contributed by atoms with van der Waals surface area (Å²) in [5.41, 5.74) is 4.16. The molecular weight excluding hydrogens is 328 g/mol. The molecule has 3 aromatic rings. The van der Waals surface area contributed by atoms with Crippen molar-refractivity contribution >= 4 is 11.6 Å². The van der Waals surface area contributed by atoms with Crippen molar-refractivity contribution < 1.29 is 4.42 Å². The minimum atomic E-state index is 0.414. The van der Waals surface area contributed by atoms with Crippen LogP contribution in [-0.2, 0) is 13.0 Å². The van der Waals surface area contributed by atoms with E-state index in [9.17, 15) is 0 Å². The lowest BCUT2D eigenvalue weighted by Gasteiger charge is -2.10. The molecule has 0 saturated carbocycles. The Labute approximate surface area is 153 Å². The van der Waals surface area contributed by atoms with Crippen LogP contribution < -0.4 is 10.6 Å². The molecule has 26 heavy (non-hydrogen) atoms. The fourth-order valence-electron chi connectivity index (χ4n) is 2.73. The molecule has 7 heteroatoms. The zero-order valence-corrected chi connectivity index (χ0v) is 15.8. The number of rotatable bonds is 6. The van der Waals surface area contributed by atoms with Crippen LogP contribution in [0.25, 0.3) is 5.65 Å². The molecule has 7 nitrogen and oxygen atoms in total. The van der Waals surface area contributed by atoms with Crippen LogP contribution in [0.4, 0.5) is 0 Å². The zero-order valence-electron chi connectivity index (χ0n) is 15.8. The number of aromatic nitrogens is 3. The normalized spacial score (nSPS) is 11.9. The Morgan fingerprint density at radius 2 is 2.08 bits per heavy atom. The van der Waals surface area contributed by atoms with E-state index in [1.165, 1.54) is 5.56 Å². The summed E-state index contributed by atoms with van der Waals surface area (Å²) < 4.78 is 7.64. The quantitative estimate of drug-likeness (QED) is 0.525. The van der Waals surface area contributed by atoms with Gasteiger partial charge < -0.3 is 19.5 Å². The number of hydrogen-bond donors (Lipinski definition) is 2. The number of nitrogens with zero attached hydrogens (tertiary/aromatic N) is 4.